The third-order valence-electron chi connectivity index (χ3n) is 7.35. The quantitative estimate of drug-likeness (QED) is 0.0697. The molecule has 5 aromatic rings. The zero-order valence-corrected chi connectivity index (χ0v) is 22.1. The van der Waals surface area contributed by atoms with Crippen molar-refractivity contribution >= 4 is 23.0 Å². The van der Waals surface area contributed by atoms with Crippen LogP contribution in [0.4, 0.5) is 26.7 Å². The topological polar surface area (TPSA) is 80.4 Å². The van der Waals surface area contributed by atoms with E-state index in [9.17, 15) is 31.5 Å². The number of ether oxygens (including phenoxy) is 2. The van der Waals surface area contributed by atoms with E-state index in [0.29, 0.717) is 22.9 Å². The third-order valence-corrected chi connectivity index (χ3v) is 7.35. The van der Waals surface area contributed by atoms with E-state index < -0.39 is 52.9 Å². The maximum absolute atomic E-state index is 14.3. The number of carbonyl (C=O) groups is 2. The molecule has 1 amide bonds. The van der Waals surface area contributed by atoms with Crippen LogP contribution in [0.25, 0.3) is 22.0 Å². The Hall–Kier alpha value is -5.19. The molecule has 0 radical (unpaired) electrons. The molecule has 0 saturated carbocycles. The van der Waals surface area contributed by atoms with Gasteiger partial charge in [-0.05, 0) is 45.9 Å². The molecule has 1 heterocycles. The van der Waals surface area contributed by atoms with E-state index in [-0.39, 0.29) is 13.0 Å². The minimum atomic E-state index is -2.40. The Balaban J connectivity index is 1.23. The summed E-state index contributed by atoms with van der Waals surface area (Å²) in [7, 11) is 0. The normalized spacial score (nSPS) is 12.5. The molecule has 0 aliphatic heterocycles. The molecule has 1 aliphatic carbocycles. The lowest BCUT2D eigenvalue weighted by molar-refractivity contribution is -0.137. The van der Waals surface area contributed by atoms with Gasteiger partial charge in [-0.15, -0.1) is 0 Å². The highest BCUT2D eigenvalue weighted by atomic mass is 19.2. The van der Waals surface area contributed by atoms with Crippen LogP contribution in [0, 0.1) is 29.1 Å². The number of aromatic nitrogens is 1. The SMILES string of the molecule is O=C(N[C@@H](Cc1c[nH]c2ccccc12)C(=O)Oc1c(F)c(F)c(F)c(F)c1F)OCc1cccc2c1Cc1ccccc1-2. The highest BCUT2D eigenvalue weighted by Crippen LogP contribution is 2.38. The highest BCUT2D eigenvalue weighted by molar-refractivity contribution is 5.87. The van der Waals surface area contributed by atoms with Crippen LogP contribution in [0.3, 0.4) is 0 Å². The van der Waals surface area contributed by atoms with Crippen molar-refractivity contribution in [3.63, 3.8) is 0 Å². The minimum Gasteiger partial charge on any atom is -0.445 e. The monoisotopic (exact) mass is 592 g/mol. The van der Waals surface area contributed by atoms with Gasteiger partial charge < -0.3 is 19.8 Å². The van der Waals surface area contributed by atoms with E-state index in [0.717, 1.165) is 27.8 Å². The summed E-state index contributed by atoms with van der Waals surface area (Å²) in [6.07, 6.45) is 0.877. The van der Waals surface area contributed by atoms with Gasteiger partial charge in [0.05, 0.1) is 0 Å². The molecular weight excluding hydrogens is 571 g/mol. The van der Waals surface area contributed by atoms with Crippen molar-refractivity contribution < 1.29 is 41.0 Å². The Morgan fingerprint density at radius 1 is 0.791 bits per heavy atom. The molecule has 43 heavy (non-hydrogen) atoms. The van der Waals surface area contributed by atoms with E-state index in [4.69, 9.17) is 4.74 Å². The number of hydrogen-bond acceptors (Lipinski definition) is 4. The summed E-state index contributed by atoms with van der Waals surface area (Å²) in [5.41, 5.74) is 6.15. The number of fused-ring (bicyclic) bond motifs is 4. The molecule has 2 N–H and O–H groups in total. The molecule has 0 fully saturated rings. The van der Waals surface area contributed by atoms with Crippen molar-refractivity contribution in [3.8, 4) is 16.9 Å². The summed E-state index contributed by atoms with van der Waals surface area (Å²) < 4.78 is 79.6. The summed E-state index contributed by atoms with van der Waals surface area (Å²) in [6.45, 7) is -0.157. The largest absolute Gasteiger partial charge is 0.445 e. The van der Waals surface area contributed by atoms with Gasteiger partial charge in [-0.25, -0.2) is 22.8 Å². The fraction of sp³-hybridized carbons (Fsp3) is 0.125. The van der Waals surface area contributed by atoms with Crippen LogP contribution in [0.15, 0.2) is 72.9 Å². The van der Waals surface area contributed by atoms with Crippen LogP contribution in [-0.2, 0) is 29.0 Å². The van der Waals surface area contributed by atoms with Crippen molar-refractivity contribution in [2.75, 3.05) is 0 Å². The van der Waals surface area contributed by atoms with E-state index in [1.807, 2.05) is 36.4 Å². The van der Waals surface area contributed by atoms with E-state index in [1.165, 1.54) is 0 Å². The second-order valence-electron chi connectivity index (χ2n) is 9.93. The van der Waals surface area contributed by atoms with Crippen molar-refractivity contribution in [3.05, 3.63) is 124 Å². The molecule has 0 saturated heterocycles. The molecule has 6 nitrogen and oxygen atoms in total. The number of halogens is 5. The average molecular weight is 593 g/mol. The smallest absolute Gasteiger partial charge is 0.408 e. The van der Waals surface area contributed by atoms with Crippen LogP contribution in [-0.4, -0.2) is 23.1 Å². The van der Waals surface area contributed by atoms with Crippen LogP contribution in [0.1, 0.15) is 22.3 Å². The number of carbonyl (C=O) groups excluding carboxylic acids is 2. The number of nitrogens with one attached hydrogen (secondary N) is 2. The molecule has 6 rings (SSSR count). The first-order valence-electron chi connectivity index (χ1n) is 13.1. The maximum atomic E-state index is 14.3. The van der Waals surface area contributed by atoms with Gasteiger partial charge in [0.2, 0.25) is 34.8 Å². The Morgan fingerprint density at radius 2 is 1.47 bits per heavy atom. The van der Waals surface area contributed by atoms with E-state index in [2.05, 4.69) is 15.0 Å². The minimum absolute atomic E-state index is 0.157. The zero-order chi connectivity index (χ0) is 30.2. The number of esters is 1. The lowest BCUT2D eigenvalue weighted by atomic mass is 10.0. The van der Waals surface area contributed by atoms with Crippen LogP contribution >= 0.6 is 0 Å². The van der Waals surface area contributed by atoms with Crippen molar-refractivity contribution in [1.82, 2.24) is 10.3 Å². The molecule has 1 atom stereocenters. The van der Waals surface area contributed by atoms with Gasteiger partial charge in [0, 0.05) is 23.5 Å². The molecule has 11 heteroatoms. The predicted molar refractivity (Wildman–Crippen MR) is 146 cm³/mol. The standard InChI is InChI=1S/C32H21F5N2O4/c33-25-26(34)28(36)30(29(37)27(25)35)43-31(40)24(13-18-14-38-23-11-4-3-9-20(18)23)39-32(41)42-15-17-7-5-10-21-19-8-2-1-6-16(19)12-22(17)21/h1-11,14,24,38H,12-13,15H2,(H,39,41)/t24-/m0/s1. The number of hydrogen-bond donors (Lipinski definition) is 2. The Labute approximate surface area is 241 Å². The maximum Gasteiger partial charge on any atom is 0.408 e. The first-order valence-corrected chi connectivity index (χ1v) is 13.1. The van der Waals surface area contributed by atoms with E-state index in [1.54, 1.807) is 36.5 Å². The van der Waals surface area contributed by atoms with Gasteiger partial charge in [0.15, 0.2) is 0 Å². The second kappa shape index (κ2) is 11.2. The number of alkyl carbamates (subject to hydrolysis) is 1. The zero-order valence-electron chi connectivity index (χ0n) is 22.1. The van der Waals surface area contributed by atoms with Crippen molar-refractivity contribution in [2.24, 2.45) is 0 Å². The van der Waals surface area contributed by atoms with Gasteiger partial charge in [0.1, 0.15) is 12.6 Å². The summed E-state index contributed by atoms with van der Waals surface area (Å²) in [5, 5.41) is 2.99. The number of benzene rings is 4. The first kappa shape index (κ1) is 28.0. The molecule has 1 aromatic heterocycles. The molecule has 0 bridgehead atoms. The van der Waals surface area contributed by atoms with Crippen molar-refractivity contribution in [1.29, 1.82) is 0 Å². The Kier molecular flexibility index (Phi) is 7.31. The van der Waals surface area contributed by atoms with Gasteiger partial charge >= 0.3 is 12.1 Å². The van der Waals surface area contributed by atoms with Crippen LogP contribution < -0.4 is 10.1 Å². The third kappa shape index (κ3) is 5.18. The first-order chi connectivity index (χ1) is 20.7. The van der Waals surface area contributed by atoms with Crippen molar-refractivity contribution in [2.45, 2.75) is 25.5 Å². The molecular formula is C32H21F5N2O4. The summed E-state index contributed by atoms with van der Waals surface area (Å²) in [6, 6.07) is 18.9. The Morgan fingerprint density at radius 3 is 2.26 bits per heavy atom. The summed E-state index contributed by atoms with van der Waals surface area (Å²) in [4.78, 5) is 29.0. The molecule has 0 unspecified atom stereocenters. The highest BCUT2D eigenvalue weighted by Gasteiger charge is 2.32. The molecule has 218 valence electrons. The molecule has 1 aliphatic rings. The Bertz CT molecular complexity index is 1880. The summed E-state index contributed by atoms with van der Waals surface area (Å²) >= 11 is 0. The molecule has 4 aromatic carbocycles. The number of rotatable bonds is 7. The second-order valence-corrected chi connectivity index (χ2v) is 9.93. The molecule has 0 spiro atoms. The van der Waals surface area contributed by atoms with Gasteiger partial charge in [-0.1, -0.05) is 60.7 Å². The fourth-order valence-corrected chi connectivity index (χ4v) is 5.25. The number of aromatic amines is 1. The lowest BCUT2D eigenvalue weighted by Gasteiger charge is -2.18. The average Bonchev–Trinajstić information content (AvgIpc) is 3.61. The predicted octanol–water partition coefficient (Wildman–Crippen LogP) is 6.88. The van der Waals surface area contributed by atoms with Gasteiger partial charge in [-0.2, -0.15) is 8.78 Å². The summed E-state index contributed by atoms with van der Waals surface area (Å²) in [5.74, 6) is -14.8. The van der Waals surface area contributed by atoms with Gasteiger partial charge in [-0.3, -0.25) is 0 Å². The van der Waals surface area contributed by atoms with Gasteiger partial charge in [0.25, 0.3) is 0 Å². The fourth-order valence-electron chi connectivity index (χ4n) is 5.25. The lowest BCUT2D eigenvalue weighted by Crippen LogP contribution is -2.45. The number of amides is 1. The van der Waals surface area contributed by atoms with Crippen LogP contribution in [0.2, 0.25) is 0 Å². The number of para-hydroxylation sites is 1. The van der Waals surface area contributed by atoms with Crippen LogP contribution in [0.5, 0.6) is 5.75 Å². The van der Waals surface area contributed by atoms with E-state index >= 15 is 0 Å². The number of H-pyrrole nitrogens is 1.